The van der Waals surface area contributed by atoms with Gasteiger partial charge in [0.05, 0.1) is 5.02 Å². The number of piperazine rings is 1. The van der Waals surface area contributed by atoms with Crippen molar-refractivity contribution in [3.05, 3.63) is 47.2 Å². The number of carbonyl (C=O) groups excluding carboxylic acids is 1. The average Bonchev–Trinajstić information content (AvgIpc) is 3.51. The summed E-state index contributed by atoms with van der Waals surface area (Å²) >= 11 is 6.89. The summed E-state index contributed by atoms with van der Waals surface area (Å²) in [5.74, 6) is 0.326. The van der Waals surface area contributed by atoms with Crippen molar-refractivity contribution in [3.63, 3.8) is 0 Å². The van der Waals surface area contributed by atoms with Crippen molar-refractivity contribution in [1.82, 2.24) is 14.9 Å². The first-order valence-electron chi connectivity index (χ1n) is 11.2. The number of anilines is 1. The number of nitrogens with one attached hydrogen (secondary N) is 1. The molecule has 5 rings (SSSR count). The molecule has 1 aliphatic heterocycles. The van der Waals surface area contributed by atoms with E-state index in [1.807, 2.05) is 51.2 Å². The van der Waals surface area contributed by atoms with Gasteiger partial charge in [-0.15, -0.1) is 0 Å². The summed E-state index contributed by atoms with van der Waals surface area (Å²) in [6.45, 7) is 6.23. The van der Waals surface area contributed by atoms with E-state index in [0.717, 1.165) is 27.8 Å². The number of fused-ring (bicyclic) bond motifs is 1. The molecule has 2 amide bonds. The molecule has 0 spiro atoms. The van der Waals surface area contributed by atoms with Crippen LogP contribution in [0.15, 0.2) is 36.7 Å². The number of H-pyrrole nitrogens is 1. The maximum absolute atomic E-state index is 13.4. The van der Waals surface area contributed by atoms with Crippen LogP contribution in [0.4, 0.5) is 10.5 Å². The third-order valence-corrected chi connectivity index (χ3v) is 6.99. The summed E-state index contributed by atoms with van der Waals surface area (Å²) in [7, 11) is 0. The molecule has 33 heavy (non-hydrogen) atoms. The van der Waals surface area contributed by atoms with Gasteiger partial charge in [-0.25, -0.2) is 9.78 Å². The normalized spacial score (nSPS) is 19.4. The zero-order valence-corrected chi connectivity index (χ0v) is 19.7. The fraction of sp³-hybridized carbons (Fsp3) is 0.400. The largest absolute Gasteiger partial charge is 0.465 e. The van der Waals surface area contributed by atoms with Gasteiger partial charge in [-0.2, -0.15) is 0 Å². The first kappa shape index (κ1) is 21.8. The molecule has 0 radical (unpaired) electrons. The number of amides is 2. The van der Waals surface area contributed by atoms with Crippen LogP contribution >= 0.6 is 11.6 Å². The number of nitrogens with zero attached hydrogens (tertiary/aromatic N) is 3. The van der Waals surface area contributed by atoms with Gasteiger partial charge in [0.2, 0.25) is 0 Å². The van der Waals surface area contributed by atoms with Crippen LogP contribution in [0.1, 0.15) is 45.1 Å². The third kappa shape index (κ3) is 3.74. The molecule has 172 valence electrons. The smallest absolute Gasteiger partial charge is 0.408 e. The number of carboxylic acid groups (broad SMARTS) is 1. The van der Waals surface area contributed by atoms with Crippen molar-refractivity contribution < 1.29 is 14.7 Å². The maximum Gasteiger partial charge on any atom is 0.408 e. The number of carbonyl (C=O) groups is 2. The molecule has 3 heterocycles. The molecule has 1 aliphatic carbocycles. The number of rotatable bonds is 3. The molecule has 2 N–H and O–H groups in total. The van der Waals surface area contributed by atoms with Crippen molar-refractivity contribution >= 4 is 40.3 Å². The average molecular weight is 467 g/mol. The molecule has 2 aliphatic rings. The van der Waals surface area contributed by atoms with Crippen LogP contribution < -0.4 is 4.90 Å². The second-order valence-electron chi connectivity index (χ2n) is 10.0. The SMILES string of the molecule is CC(C)(C)C1C(=O)N(c2cccc(-c3cnc4[nH]cc(C5CC5)c4c3Cl)c2)CCN1C(=O)O. The highest BCUT2D eigenvalue weighted by atomic mass is 35.5. The quantitative estimate of drug-likeness (QED) is 0.533. The lowest BCUT2D eigenvalue weighted by Gasteiger charge is -2.44. The number of hydrogen-bond donors (Lipinski definition) is 2. The first-order valence-corrected chi connectivity index (χ1v) is 11.6. The third-order valence-electron chi connectivity index (χ3n) is 6.60. The Hall–Kier alpha value is -3.06. The number of aromatic amines is 1. The van der Waals surface area contributed by atoms with Gasteiger partial charge in [0.1, 0.15) is 11.7 Å². The molecular formula is C25H27ClN4O3. The van der Waals surface area contributed by atoms with Crippen LogP contribution in [-0.4, -0.2) is 51.1 Å². The predicted octanol–water partition coefficient (Wildman–Crippen LogP) is 5.50. The van der Waals surface area contributed by atoms with E-state index in [4.69, 9.17) is 11.6 Å². The Kier molecular flexibility index (Phi) is 5.12. The molecule has 0 bridgehead atoms. The molecule has 1 unspecified atom stereocenters. The Morgan fingerprint density at radius 3 is 2.67 bits per heavy atom. The lowest BCUT2D eigenvalue weighted by atomic mass is 9.83. The van der Waals surface area contributed by atoms with Crippen molar-refractivity contribution in [2.45, 2.75) is 45.6 Å². The van der Waals surface area contributed by atoms with Gasteiger partial charge in [-0.05, 0) is 47.4 Å². The Bertz CT molecular complexity index is 1260. The Labute approximate surface area is 197 Å². The minimum atomic E-state index is -1.07. The summed E-state index contributed by atoms with van der Waals surface area (Å²) in [5, 5.41) is 11.3. The molecule has 1 saturated carbocycles. The molecule has 2 aromatic heterocycles. The van der Waals surface area contributed by atoms with Gasteiger partial charge >= 0.3 is 6.09 Å². The predicted molar refractivity (Wildman–Crippen MR) is 129 cm³/mol. The summed E-state index contributed by atoms with van der Waals surface area (Å²) in [6, 6.07) is 6.92. The van der Waals surface area contributed by atoms with E-state index in [0.29, 0.717) is 17.5 Å². The van der Waals surface area contributed by atoms with Crippen LogP contribution in [0.3, 0.4) is 0 Å². The lowest BCUT2D eigenvalue weighted by Crippen LogP contribution is -2.63. The van der Waals surface area contributed by atoms with Crippen molar-refractivity contribution in [1.29, 1.82) is 0 Å². The van der Waals surface area contributed by atoms with Crippen LogP contribution in [0.25, 0.3) is 22.2 Å². The van der Waals surface area contributed by atoms with Crippen LogP contribution in [0.2, 0.25) is 5.02 Å². The number of aromatic nitrogens is 2. The van der Waals surface area contributed by atoms with Crippen LogP contribution in [0.5, 0.6) is 0 Å². The van der Waals surface area contributed by atoms with Crippen LogP contribution in [-0.2, 0) is 4.79 Å². The maximum atomic E-state index is 13.4. The minimum Gasteiger partial charge on any atom is -0.465 e. The number of halogens is 1. The fourth-order valence-corrected chi connectivity index (χ4v) is 5.22. The second kappa shape index (κ2) is 7.76. The molecule has 1 aromatic carbocycles. The highest BCUT2D eigenvalue weighted by Crippen LogP contribution is 2.46. The van der Waals surface area contributed by atoms with Gasteiger partial charge in [-0.1, -0.05) is 44.5 Å². The monoisotopic (exact) mass is 466 g/mol. The second-order valence-corrected chi connectivity index (χ2v) is 10.4. The molecular weight excluding hydrogens is 440 g/mol. The summed E-state index contributed by atoms with van der Waals surface area (Å²) in [4.78, 5) is 36.0. The topological polar surface area (TPSA) is 89.5 Å². The number of hydrogen-bond acceptors (Lipinski definition) is 3. The molecule has 3 aromatic rings. The zero-order chi connectivity index (χ0) is 23.5. The van der Waals surface area contributed by atoms with E-state index in [9.17, 15) is 14.7 Å². The lowest BCUT2D eigenvalue weighted by molar-refractivity contribution is -0.129. The Balaban J connectivity index is 1.53. The minimum absolute atomic E-state index is 0.213. The molecule has 2 fully saturated rings. The van der Waals surface area contributed by atoms with Gasteiger partial charge < -0.3 is 15.0 Å². The van der Waals surface area contributed by atoms with Gasteiger partial charge in [-0.3, -0.25) is 9.69 Å². The molecule has 1 atom stereocenters. The summed E-state index contributed by atoms with van der Waals surface area (Å²) < 4.78 is 0. The summed E-state index contributed by atoms with van der Waals surface area (Å²) in [5.41, 5.74) is 3.89. The molecule has 1 saturated heterocycles. The van der Waals surface area contributed by atoms with E-state index in [1.165, 1.54) is 23.3 Å². The van der Waals surface area contributed by atoms with E-state index < -0.39 is 17.6 Å². The highest BCUT2D eigenvalue weighted by molar-refractivity contribution is 6.38. The number of benzene rings is 1. The summed E-state index contributed by atoms with van der Waals surface area (Å²) in [6.07, 6.45) is 5.04. The van der Waals surface area contributed by atoms with E-state index in [-0.39, 0.29) is 12.5 Å². The highest BCUT2D eigenvalue weighted by Gasteiger charge is 2.44. The van der Waals surface area contributed by atoms with E-state index >= 15 is 0 Å². The zero-order valence-electron chi connectivity index (χ0n) is 18.9. The fourth-order valence-electron chi connectivity index (χ4n) is 4.87. The Morgan fingerprint density at radius 2 is 2.00 bits per heavy atom. The molecule has 8 heteroatoms. The van der Waals surface area contributed by atoms with Crippen molar-refractivity contribution in [2.75, 3.05) is 18.0 Å². The molecule has 7 nitrogen and oxygen atoms in total. The van der Waals surface area contributed by atoms with Crippen molar-refractivity contribution in [2.24, 2.45) is 5.41 Å². The number of pyridine rings is 1. The van der Waals surface area contributed by atoms with Gasteiger partial charge in [0.25, 0.3) is 5.91 Å². The van der Waals surface area contributed by atoms with Crippen molar-refractivity contribution in [3.8, 4) is 11.1 Å². The standard InChI is InChI=1S/C25H27ClN4O3/c1-25(2,3)21-23(31)29(9-10-30(21)24(32)33)16-6-4-5-15(11-16)18-13-28-22-19(20(18)26)17(12-27-22)14-7-8-14/h4-6,11-14,21H,7-10H2,1-3H3,(H,27,28)(H,32,33). The first-order chi connectivity index (χ1) is 15.7. The van der Waals surface area contributed by atoms with Gasteiger partial charge in [0, 0.05) is 42.1 Å². The van der Waals surface area contributed by atoms with Gasteiger partial charge in [0.15, 0.2) is 0 Å². The van der Waals surface area contributed by atoms with E-state index in [1.54, 1.807) is 11.1 Å². The van der Waals surface area contributed by atoms with Crippen LogP contribution in [0, 0.1) is 5.41 Å². The Morgan fingerprint density at radius 1 is 1.24 bits per heavy atom. The van der Waals surface area contributed by atoms with E-state index in [2.05, 4.69) is 9.97 Å².